The Morgan fingerprint density at radius 2 is 1.97 bits per heavy atom. The molecule has 1 aromatic rings. The molecule has 2 aliphatic rings. The highest BCUT2D eigenvalue weighted by molar-refractivity contribution is 5.83. The Bertz CT molecular complexity index is 659. The van der Waals surface area contributed by atoms with Crippen molar-refractivity contribution in [3.05, 3.63) is 29.8 Å². The molecule has 2 amide bonds. The normalized spacial score (nSPS) is 20.5. The molecule has 0 aromatic heterocycles. The molecule has 29 heavy (non-hydrogen) atoms. The van der Waals surface area contributed by atoms with Crippen LogP contribution in [0, 0.1) is 5.92 Å². The van der Waals surface area contributed by atoms with Crippen LogP contribution in [0.25, 0.3) is 0 Å². The van der Waals surface area contributed by atoms with Gasteiger partial charge in [0.2, 0.25) is 11.8 Å². The van der Waals surface area contributed by atoms with Crippen LogP contribution in [0.3, 0.4) is 0 Å². The molecule has 3 rings (SSSR count). The van der Waals surface area contributed by atoms with Gasteiger partial charge in [0.05, 0.1) is 26.2 Å². The van der Waals surface area contributed by atoms with E-state index in [9.17, 15) is 9.59 Å². The van der Waals surface area contributed by atoms with E-state index >= 15 is 0 Å². The standard InChI is InChI=1S/C22H33N3O4/c1-28-20-7-4-18(5-8-20)3-2-10-23-22(27)19-6-9-21(26)25(17-19)12-11-24-13-15-29-16-14-24/h4-5,7-8,19H,2-3,6,9-17H2,1H3,(H,23,27)/t19-/m1/s1. The molecule has 0 radical (unpaired) electrons. The van der Waals surface area contributed by atoms with Gasteiger partial charge in [-0.3, -0.25) is 14.5 Å². The van der Waals surface area contributed by atoms with Gasteiger partial charge in [-0.2, -0.15) is 0 Å². The zero-order valence-electron chi connectivity index (χ0n) is 17.4. The lowest BCUT2D eigenvalue weighted by Crippen LogP contribution is -2.49. The summed E-state index contributed by atoms with van der Waals surface area (Å²) in [5.74, 6) is 0.996. The van der Waals surface area contributed by atoms with Crippen molar-refractivity contribution >= 4 is 11.8 Å². The molecule has 0 unspecified atom stereocenters. The fraction of sp³-hybridized carbons (Fsp3) is 0.636. The molecule has 7 heteroatoms. The predicted octanol–water partition coefficient (Wildman–Crippen LogP) is 1.31. The number of nitrogens with one attached hydrogen (secondary N) is 1. The van der Waals surface area contributed by atoms with Crippen molar-refractivity contribution in [2.75, 3.05) is 59.6 Å². The quantitative estimate of drug-likeness (QED) is 0.630. The third kappa shape index (κ3) is 6.72. The van der Waals surface area contributed by atoms with Crippen LogP contribution in [-0.4, -0.2) is 81.2 Å². The van der Waals surface area contributed by atoms with Crippen LogP contribution >= 0.6 is 0 Å². The third-order valence-corrected chi connectivity index (χ3v) is 5.76. The van der Waals surface area contributed by atoms with Crippen molar-refractivity contribution in [2.24, 2.45) is 5.92 Å². The fourth-order valence-corrected chi connectivity index (χ4v) is 3.87. The van der Waals surface area contributed by atoms with Crippen molar-refractivity contribution in [3.8, 4) is 5.75 Å². The number of hydrogen-bond donors (Lipinski definition) is 1. The fourth-order valence-electron chi connectivity index (χ4n) is 3.87. The first-order valence-corrected chi connectivity index (χ1v) is 10.6. The number of ether oxygens (including phenoxy) is 2. The molecule has 1 N–H and O–H groups in total. The van der Waals surface area contributed by atoms with Crippen LogP contribution in [0.5, 0.6) is 5.75 Å². The van der Waals surface area contributed by atoms with E-state index in [1.807, 2.05) is 17.0 Å². The second kappa shape index (κ2) is 11.2. The first-order valence-electron chi connectivity index (χ1n) is 10.6. The highest BCUT2D eigenvalue weighted by Gasteiger charge is 2.30. The van der Waals surface area contributed by atoms with Crippen molar-refractivity contribution < 1.29 is 19.1 Å². The molecule has 2 fully saturated rings. The summed E-state index contributed by atoms with van der Waals surface area (Å²) in [7, 11) is 1.66. The van der Waals surface area contributed by atoms with Crippen LogP contribution in [0.2, 0.25) is 0 Å². The zero-order chi connectivity index (χ0) is 20.5. The van der Waals surface area contributed by atoms with E-state index in [0.717, 1.165) is 51.4 Å². The molecular weight excluding hydrogens is 370 g/mol. The van der Waals surface area contributed by atoms with Crippen molar-refractivity contribution in [1.82, 2.24) is 15.1 Å². The van der Waals surface area contributed by atoms with E-state index < -0.39 is 0 Å². The third-order valence-electron chi connectivity index (χ3n) is 5.76. The van der Waals surface area contributed by atoms with Gasteiger partial charge >= 0.3 is 0 Å². The van der Waals surface area contributed by atoms with Crippen LogP contribution in [0.1, 0.15) is 24.8 Å². The maximum absolute atomic E-state index is 12.6. The van der Waals surface area contributed by atoms with Crippen LogP contribution < -0.4 is 10.1 Å². The number of nitrogens with zero attached hydrogens (tertiary/aromatic N) is 2. The van der Waals surface area contributed by atoms with Gasteiger partial charge in [0.25, 0.3) is 0 Å². The summed E-state index contributed by atoms with van der Waals surface area (Å²) in [5.41, 5.74) is 1.23. The maximum Gasteiger partial charge on any atom is 0.224 e. The SMILES string of the molecule is COc1ccc(CCCNC(=O)[C@@H]2CCC(=O)N(CCN3CCOCC3)C2)cc1. The summed E-state index contributed by atoms with van der Waals surface area (Å²) in [4.78, 5) is 29.0. The molecule has 0 aliphatic carbocycles. The topological polar surface area (TPSA) is 71.1 Å². The zero-order valence-corrected chi connectivity index (χ0v) is 17.4. The lowest BCUT2D eigenvalue weighted by Gasteiger charge is -2.34. The van der Waals surface area contributed by atoms with Crippen LogP contribution in [0.15, 0.2) is 24.3 Å². The number of amides is 2. The summed E-state index contributed by atoms with van der Waals surface area (Å²) >= 11 is 0. The largest absolute Gasteiger partial charge is 0.497 e. The second-order valence-corrected chi connectivity index (χ2v) is 7.77. The molecule has 7 nitrogen and oxygen atoms in total. The molecular formula is C22H33N3O4. The minimum Gasteiger partial charge on any atom is -0.497 e. The van der Waals surface area contributed by atoms with Gasteiger partial charge in [0, 0.05) is 45.7 Å². The summed E-state index contributed by atoms with van der Waals surface area (Å²) < 4.78 is 10.5. The Morgan fingerprint density at radius 1 is 1.21 bits per heavy atom. The number of carbonyl (C=O) groups excluding carboxylic acids is 2. The average Bonchev–Trinajstić information content (AvgIpc) is 2.77. The molecule has 0 saturated carbocycles. The van der Waals surface area contributed by atoms with Crippen molar-refractivity contribution in [2.45, 2.75) is 25.7 Å². The molecule has 2 saturated heterocycles. The summed E-state index contributed by atoms with van der Waals surface area (Å²) in [6.07, 6.45) is 2.92. The number of rotatable bonds is 9. The molecule has 1 aromatic carbocycles. The minimum atomic E-state index is -0.0987. The number of piperidine rings is 1. The minimum absolute atomic E-state index is 0.0728. The Morgan fingerprint density at radius 3 is 2.69 bits per heavy atom. The highest BCUT2D eigenvalue weighted by atomic mass is 16.5. The lowest BCUT2D eigenvalue weighted by molar-refractivity contribution is -0.138. The summed E-state index contributed by atoms with van der Waals surface area (Å²) in [5, 5.41) is 3.06. The van der Waals surface area contributed by atoms with E-state index in [4.69, 9.17) is 9.47 Å². The summed E-state index contributed by atoms with van der Waals surface area (Å²) in [6, 6.07) is 8.02. The number of aryl methyl sites for hydroxylation is 1. The lowest BCUT2D eigenvalue weighted by atomic mass is 9.96. The molecule has 0 bridgehead atoms. The van der Waals surface area contributed by atoms with Gasteiger partial charge in [0.15, 0.2) is 0 Å². The smallest absolute Gasteiger partial charge is 0.224 e. The van der Waals surface area contributed by atoms with E-state index in [1.54, 1.807) is 7.11 Å². The van der Waals surface area contributed by atoms with Crippen molar-refractivity contribution in [1.29, 1.82) is 0 Å². The van der Waals surface area contributed by atoms with Gasteiger partial charge in [-0.1, -0.05) is 12.1 Å². The Labute approximate surface area is 173 Å². The van der Waals surface area contributed by atoms with Gasteiger partial charge in [0.1, 0.15) is 5.75 Å². The van der Waals surface area contributed by atoms with E-state index in [-0.39, 0.29) is 17.7 Å². The first-order chi connectivity index (χ1) is 14.2. The Balaban J connectivity index is 1.36. The average molecular weight is 404 g/mol. The van der Waals surface area contributed by atoms with E-state index in [1.165, 1.54) is 5.56 Å². The number of likely N-dealkylation sites (tertiary alicyclic amines) is 1. The highest BCUT2D eigenvalue weighted by Crippen LogP contribution is 2.18. The molecule has 1 atom stereocenters. The molecule has 160 valence electrons. The first kappa shape index (κ1) is 21.6. The number of benzene rings is 1. The van der Waals surface area contributed by atoms with Gasteiger partial charge < -0.3 is 19.7 Å². The van der Waals surface area contributed by atoms with E-state index in [2.05, 4.69) is 22.3 Å². The number of methoxy groups -OCH3 is 1. The maximum atomic E-state index is 12.6. The monoisotopic (exact) mass is 403 g/mol. The van der Waals surface area contributed by atoms with Crippen LogP contribution in [0.4, 0.5) is 0 Å². The number of carbonyl (C=O) groups is 2. The van der Waals surface area contributed by atoms with Gasteiger partial charge in [-0.05, 0) is 37.0 Å². The number of morpholine rings is 1. The van der Waals surface area contributed by atoms with Crippen molar-refractivity contribution in [3.63, 3.8) is 0 Å². The van der Waals surface area contributed by atoms with E-state index in [0.29, 0.717) is 32.5 Å². The predicted molar refractivity (Wildman–Crippen MR) is 111 cm³/mol. The van der Waals surface area contributed by atoms with Gasteiger partial charge in [-0.25, -0.2) is 0 Å². The Kier molecular flexibility index (Phi) is 8.31. The van der Waals surface area contributed by atoms with Crippen LogP contribution in [-0.2, 0) is 20.7 Å². The Hall–Kier alpha value is -2.12. The van der Waals surface area contributed by atoms with Gasteiger partial charge in [-0.15, -0.1) is 0 Å². The molecule has 0 spiro atoms. The molecule has 2 aliphatic heterocycles. The molecule has 2 heterocycles. The second-order valence-electron chi connectivity index (χ2n) is 7.77. The number of hydrogen-bond acceptors (Lipinski definition) is 5. The summed E-state index contributed by atoms with van der Waals surface area (Å²) in [6.45, 7) is 6.09.